The molecule has 2 atom stereocenters. The Morgan fingerprint density at radius 2 is 1.57 bits per heavy atom. The number of carbonyl (C=O) groups excluding carboxylic acids is 1. The Morgan fingerprint density at radius 3 is 2.17 bits per heavy atom. The van der Waals surface area contributed by atoms with Crippen LogP contribution in [0.4, 0.5) is 0 Å². The number of rotatable bonds is 8. The molecule has 1 heterocycles. The van der Waals surface area contributed by atoms with E-state index in [-0.39, 0.29) is 11.8 Å². The zero-order valence-corrected chi connectivity index (χ0v) is 21.1. The van der Waals surface area contributed by atoms with Crippen LogP contribution in [0.3, 0.4) is 0 Å². The van der Waals surface area contributed by atoms with Gasteiger partial charge in [-0.3, -0.25) is 4.79 Å². The molecule has 3 aromatic rings. The summed E-state index contributed by atoms with van der Waals surface area (Å²) in [5, 5.41) is 0. The highest BCUT2D eigenvalue weighted by Crippen LogP contribution is 2.50. The van der Waals surface area contributed by atoms with Crippen molar-refractivity contribution in [3.63, 3.8) is 0 Å². The van der Waals surface area contributed by atoms with Crippen molar-refractivity contribution < 1.29 is 9.36 Å². The van der Waals surface area contributed by atoms with Gasteiger partial charge in [0.1, 0.15) is 23.9 Å². The van der Waals surface area contributed by atoms with Crippen LogP contribution in [-0.4, -0.2) is 10.5 Å². The molecule has 4 nitrogen and oxygen atoms in total. The fraction of sp³-hybridized carbons (Fsp3) is 0.484. The minimum Gasteiger partial charge on any atom is -0.369 e. The molecule has 0 radical (unpaired) electrons. The van der Waals surface area contributed by atoms with Crippen molar-refractivity contribution >= 4 is 5.91 Å². The molecule has 5 rings (SSSR count). The Bertz CT molecular complexity index is 1080. The van der Waals surface area contributed by atoms with Gasteiger partial charge in [0.25, 0.3) is 5.82 Å². The number of amides is 1. The lowest BCUT2D eigenvalue weighted by atomic mass is 9.64. The van der Waals surface area contributed by atoms with Crippen LogP contribution < -0.4 is 10.3 Å². The predicted octanol–water partition coefficient (Wildman–Crippen LogP) is 5.87. The molecule has 2 N–H and O–H groups in total. The molecule has 0 bridgehead atoms. The summed E-state index contributed by atoms with van der Waals surface area (Å²) in [7, 11) is 0. The molecule has 1 amide bonds. The first kappa shape index (κ1) is 23.8. The van der Waals surface area contributed by atoms with Gasteiger partial charge in [0.2, 0.25) is 5.91 Å². The van der Waals surface area contributed by atoms with Crippen molar-refractivity contribution in [1.29, 1.82) is 0 Å². The van der Waals surface area contributed by atoms with Gasteiger partial charge in [-0.1, -0.05) is 92.8 Å². The number of hydrogen-bond donors (Lipinski definition) is 1. The van der Waals surface area contributed by atoms with Crippen LogP contribution >= 0.6 is 0 Å². The van der Waals surface area contributed by atoms with Crippen molar-refractivity contribution in [3.8, 4) is 0 Å². The topological polar surface area (TPSA) is 51.9 Å². The van der Waals surface area contributed by atoms with Crippen molar-refractivity contribution in [3.05, 3.63) is 90.0 Å². The average Bonchev–Trinajstić information content (AvgIpc) is 3.52. The number of benzene rings is 2. The summed E-state index contributed by atoms with van der Waals surface area (Å²) in [5.74, 6) is 2.14. The second kappa shape index (κ2) is 10.4. The predicted molar refractivity (Wildman–Crippen MR) is 140 cm³/mol. The van der Waals surface area contributed by atoms with Gasteiger partial charge in [0.15, 0.2) is 0 Å². The van der Waals surface area contributed by atoms with E-state index in [1.807, 2.05) is 36.4 Å². The maximum Gasteiger partial charge on any atom is 0.253 e. The average molecular weight is 471 g/mol. The number of primary amides is 1. The first-order valence-electron chi connectivity index (χ1n) is 13.6. The third-order valence-electron chi connectivity index (χ3n) is 8.96. The van der Waals surface area contributed by atoms with Crippen LogP contribution in [0, 0.1) is 18.8 Å². The summed E-state index contributed by atoms with van der Waals surface area (Å²) in [6.07, 6.45) is 15.8. The summed E-state index contributed by atoms with van der Waals surface area (Å²) < 4.78 is 4.90. The number of imidazole rings is 1. The fourth-order valence-corrected chi connectivity index (χ4v) is 7.07. The van der Waals surface area contributed by atoms with Crippen LogP contribution in [0.15, 0.2) is 73.1 Å². The molecule has 1 aromatic heterocycles. The van der Waals surface area contributed by atoms with E-state index in [1.165, 1.54) is 44.3 Å². The molecular weight excluding hydrogens is 430 g/mol. The Kier molecular flexibility index (Phi) is 7.08. The highest BCUT2D eigenvalue weighted by molar-refractivity contribution is 5.91. The smallest absolute Gasteiger partial charge is 0.253 e. The van der Waals surface area contributed by atoms with Gasteiger partial charge < -0.3 is 5.73 Å². The molecule has 2 fully saturated rings. The lowest BCUT2D eigenvalue weighted by Gasteiger charge is -2.37. The number of aromatic nitrogens is 2. The summed E-state index contributed by atoms with van der Waals surface area (Å²) in [4.78, 5) is 13.4. The van der Waals surface area contributed by atoms with Crippen LogP contribution in [0.25, 0.3) is 0 Å². The molecule has 2 aromatic carbocycles. The number of carbonyl (C=O) groups is 1. The van der Waals surface area contributed by atoms with Gasteiger partial charge in [0.05, 0.1) is 6.54 Å². The van der Waals surface area contributed by atoms with Gasteiger partial charge in [-0.2, -0.15) is 0 Å². The number of nitrogens with zero attached hydrogens (tertiary/aromatic N) is 2. The highest BCUT2D eigenvalue weighted by atomic mass is 16.1. The largest absolute Gasteiger partial charge is 0.369 e. The van der Waals surface area contributed by atoms with Gasteiger partial charge >= 0.3 is 0 Å². The van der Waals surface area contributed by atoms with Gasteiger partial charge in [-0.25, -0.2) is 9.13 Å². The molecule has 2 aliphatic rings. The Balaban J connectivity index is 1.40. The van der Waals surface area contributed by atoms with Crippen LogP contribution in [0.1, 0.15) is 80.8 Å². The number of aryl methyl sites for hydroxylation is 1. The van der Waals surface area contributed by atoms with Gasteiger partial charge in [0, 0.05) is 6.92 Å². The van der Waals surface area contributed by atoms with Gasteiger partial charge in [-0.05, 0) is 48.6 Å². The maximum absolute atomic E-state index is 13.4. The molecule has 35 heavy (non-hydrogen) atoms. The molecule has 184 valence electrons. The fourth-order valence-electron chi connectivity index (χ4n) is 7.07. The molecule has 0 saturated heterocycles. The molecule has 2 aliphatic carbocycles. The zero-order chi connectivity index (χ0) is 24.3. The molecule has 0 aliphatic heterocycles. The standard InChI is InChI=1S/C31H39N3O/c1-24-33(20-19-25-11-5-2-6-12-25)21-22-34(24)29-18-17-28(23-29)31(30(32)35,26-13-7-3-8-14-26)27-15-9-4-10-16-27/h3-4,7-10,13-16,21-22,25,28-29H,2,5-6,11-12,17-20,23H2,1H3,(H-,32,35)/p+1. The number of nitrogens with two attached hydrogens (primary N) is 1. The second-order valence-electron chi connectivity index (χ2n) is 10.8. The normalized spacial score (nSPS) is 21.3. The summed E-state index contributed by atoms with van der Waals surface area (Å²) in [5.41, 5.74) is 7.50. The molecular formula is C31H40N3O+. The minimum absolute atomic E-state index is 0.160. The highest BCUT2D eigenvalue weighted by Gasteiger charge is 2.51. The summed E-state index contributed by atoms with van der Waals surface area (Å²) >= 11 is 0. The van der Waals surface area contributed by atoms with Crippen molar-refractivity contribution in [2.45, 2.75) is 82.7 Å². The molecule has 2 unspecified atom stereocenters. The lowest BCUT2D eigenvalue weighted by Crippen LogP contribution is -2.47. The van der Waals surface area contributed by atoms with E-state index in [0.29, 0.717) is 6.04 Å². The molecule has 2 saturated carbocycles. The summed E-state index contributed by atoms with van der Waals surface area (Å²) in [6.45, 7) is 3.36. The first-order chi connectivity index (χ1) is 17.1. The first-order valence-corrected chi connectivity index (χ1v) is 13.6. The third-order valence-corrected chi connectivity index (χ3v) is 8.96. The van der Waals surface area contributed by atoms with E-state index in [9.17, 15) is 4.79 Å². The second-order valence-corrected chi connectivity index (χ2v) is 10.8. The van der Waals surface area contributed by atoms with E-state index in [4.69, 9.17) is 5.73 Å². The van der Waals surface area contributed by atoms with Gasteiger partial charge in [-0.15, -0.1) is 0 Å². The monoisotopic (exact) mass is 470 g/mol. The van der Waals surface area contributed by atoms with E-state index in [2.05, 4.69) is 52.7 Å². The van der Waals surface area contributed by atoms with Crippen LogP contribution in [-0.2, 0) is 16.8 Å². The van der Waals surface area contributed by atoms with Crippen molar-refractivity contribution in [1.82, 2.24) is 4.57 Å². The van der Waals surface area contributed by atoms with Crippen LogP contribution in [0.2, 0.25) is 0 Å². The maximum atomic E-state index is 13.4. The Morgan fingerprint density at radius 1 is 0.943 bits per heavy atom. The third kappa shape index (κ3) is 4.55. The van der Waals surface area contributed by atoms with Crippen molar-refractivity contribution in [2.75, 3.05) is 0 Å². The van der Waals surface area contributed by atoms with E-state index in [0.717, 1.165) is 42.9 Å². The van der Waals surface area contributed by atoms with Crippen molar-refractivity contribution in [2.24, 2.45) is 17.6 Å². The Labute approximate surface area is 210 Å². The van der Waals surface area contributed by atoms with Crippen LogP contribution in [0.5, 0.6) is 0 Å². The molecule has 0 spiro atoms. The van der Waals surface area contributed by atoms with E-state index < -0.39 is 5.41 Å². The minimum atomic E-state index is -0.810. The summed E-state index contributed by atoms with van der Waals surface area (Å²) in [6, 6.07) is 20.8. The van der Waals surface area contributed by atoms with E-state index >= 15 is 0 Å². The number of hydrogen-bond acceptors (Lipinski definition) is 1. The molecule has 4 heteroatoms. The SMILES string of the molecule is Cc1n(C2CCC(C(C(N)=O)(c3ccccc3)c3ccccc3)C2)cc[n+]1CCC1CCCCC1. The zero-order valence-electron chi connectivity index (χ0n) is 21.1. The lowest BCUT2D eigenvalue weighted by molar-refractivity contribution is -0.703. The van der Waals surface area contributed by atoms with E-state index in [1.54, 1.807) is 0 Å². The quantitative estimate of drug-likeness (QED) is 0.412. The Hall–Kier alpha value is -2.88.